The molecule has 13 heavy (non-hydrogen) atoms. The van der Waals surface area contributed by atoms with Gasteiger partial charge >= 0.3 is 0 Å². The number of thioether (sulfide) groups is 1. The normalized spacial score (nSPS) is 21.8. The average molecular weight is 202 g/mol. The molecule has 0 saturated carbocycles. The molecule has 1 unspecified atom stereocenters. The first-order valence-electron chi connectivity index (χ1n) is 4.88. The van der Waals surface area contributed by atoms with Crippen LogP contribution in [0.1, 0.15) is 19.3 Å². The molecule has 1 saturated heterocycles. The number of rotatable bonds is 5. The van der Waals surface area contributed by atoms with Crippen molar-refractivity contribution in [3.05, 3.63) is 0 Å². The smallest absolute Gasteiger partial charge is 0.233 e. The van der Waals surface area contributed by atoms with Crippen LogP contribution in [-0.4, -0.2) is 37.0 Å². The highest BCUT2D eigenvalue weighted by molar-refractivity contribution is 8.00. The van der Waals surface area contributed by atoms with Crippen molar-refractivity contribution in [1.82, 2.24) is 10.6 Å². The number of hydrogen-bond acceptors (Lipinski definition) is 3. The first-order chi connectivity index (χ1) is 6.34. The summed E-state index contributed by atoms with van der Waals surface area (Å²) in [4.78, 5) is 11.5. The highest BCUT2D eigenvalue weighted by Gasteiger charge is 2.22. The van der Waals surface area contributed by atoms with Gasteiger partial charge in [0.05, 0.1) is 5.25 Å². The van der Waals surface area contributed by atoms with E-state index in [1.165, 1.54) is 6.42 Å². The fraction of sp³-hybridized carbons (Fsp3) is 0.889. The van der Waals surface area contributed by atoms with Gasteiger partial charge in [0, 0.05) is 6.54 Å². The Morgan fingerprint density at radius 3 is 3.00 bits per heavy atom. The highest BCUT2D eigenvalue weighted by atomic mass is 32.2. The van der Waals surface area contributed by atoms with Crippen LogP contribution in [0.3, 0.4) is 0 Å². The Bertz CT molecular complexity index is 158. The molecule has 0 aromatic carbocycles. The molecule has 0 aliphatic carbocycles. The van der Waals surface area contributed by atoms with Gasteiger partial charge in [0.25, 0.3) is 0 Å². The topological polar surface area (TPSA) is 41.1 Å². The van der Waals surface area contributed by atoms with E-state index in [0.29, 0.717) is 0 Å². The quantitative estimate of drug-likeness (QED) is 0.642. The zero-order valence-electron chi connectivity index (χ0n) is 8.14. The van der Waals surface area contributed by atoms with Crippen LogP contribution in [0.4, 0.5) is 0 Å². The molecule has 76 valence electrons. The Labute approximate surface area is 84.0 Å². The van der Waals surface area contributed by atoms with Crippen molar-refractivity contribution in [3.63, 3.8) is 0 Å². The van der Waals surface area contributed by atoms with Gasteiger partial charge in [-0.05, 0) is 38.6 Å². The maximum absolute atomic E-state index is 11.5. The van der Waals surface area contributed by atoms with Gasteiger partial charge in [-0.2, -0.15) is 0 Å². The Kier molecular flexibility index (Phi) is 5.23. The molecule has 3 nitrogen and oxygen atoms in total. The van der Waals surface area contributed by atoms with Crippen LogP contribution in [0.5, 0.6) is 0 Å². The van der Waals surface area contributed by atoms with Gasteiger partial charge in [-0.1, -0.05) is 0 Å². The van der Waals surface area contributed by atoms with Crippen molar-refractivity contribution in [2.45, 2.75) is 24.5 Å². The molecular weight excluding hydrogens is 184 g/mol. The van der Waals surface area contributed by atoms with E-state index < -0.39 is 0 Å². The van der Waals surface area contributed by atoms with Crippen LogP contribution in [-0.2, 0) is 4.79 Å². The molecule has 0 bridgehead atoms. The number of carbonyl (C=O) groups excluding carboxylic acids is 1. The van der Waals surface area contributed by atoms with Crippen molar-refractivity contribution in [2.24, 2.45) is 0 Å². The maximum atomic E-state index is 11.5. The molecular formula is C9H18N2OS. The summed E-state index contributed by atoms with van der Waals surface area (Å²) in [7, 11) is 1.93. The van der Waals surface area contributed by atoms with Gasteiger partial charge in [0.2, 0.25) is 5.91 Å². The molecule has 0 spiro atoms. The summed E-state index contributed by atoms with van der Waals surface area (Å²) in [6, 6.07) is 0. The first-order valence-corrected chi connectivity index (χ1v) is 5.93. The monoisotopic (exact) mass is 202 g/mol. The molecule has 0 radical (unpaired) electrons. The summed E-state index contributed by atoms with van der Waals surface area (Å²) in [5.41, 5.74) is 0. The van der Waals surface area contributed by atoms with Crippen LogP contribution in [0.15, 0.2) is 0 Å². The molecule has 1 heterocycles. The molecule has 1 atom stereocenters. The molecule has 4 heteroatoms. The third-order valence-electron chi connectivity index (χ3n) is 2.12. The van der Waals surface area contributed by atoms with Crippen LogP contribution < -0.4 is 10.6 Å². The van der Waals surface area contributed by atoms with Crippen molar-refractivity contribution in [3.8, 4) is 0 Å². The lowest BCUT2D eigenvalue weighted by atomic mass is 10.2. The minimum absolute atomic E-state index is 0.231. The van der Waals surface area contributed by atoms with Gasteiger partial charge in [0.1, 0.15) is 0 Å². The summed E-state index contributed by atoms with van der Waals surface area (Å²) < 4.78 is 0. The van der Waals surface area contributed by atoms with E-state index in [0.717, 1.165) is 31.7 Å². The van der Waals surface area contributed by atoms with Gasteiger partial charge in [-0.15, -0.1) is 11.8 Å². The van der Waals surface area contributed by atoms with Gasteiger partial charge < -0.3 is 10.6 Å². The maximum Gasteiger partial charge on any atom is 0.233 e. The van der Waals surface area contributed by atoms with Crippen LogP contribution in [0.2, 0.25) is 0 Å². The fourth-order valence-electron chi connectivity index (χ4n) is 1.38. The van der Waals surface area contributed by atoms with Crippen LogP contribution >= 0.6 is 11.8 Å². The second-order valence-electron chi connectivity index (χ2n) is 3.25. The van der Waals surface area contributed by atoms with E-state index in [9.17, 15) is 4.79 Å². The van der Waals surface area contributed by atoms with Gasteiger partial charge in [0.15, 0.2) is 0 Å². The van der Waals surface area contributed by atoms with E-state index >= 15 is 0 Å². The Morgan fingerprint density at radius 2 is 2.38 bits per heavy atom. The molecule has 0 aromatic rings. The highest BCUT2D eigenvalue weighted by Crippen LogP contribution is 2.25. The Morgan fingerprint density at radius 1 is 1.54 bits per heavy atom. The van der Waals surface area contributed by atoms with E-state index in [2.05, 4.69) is 10.6 Å². The largest absolute Gasteiger partial charge is 0.355 e. The second kappa shape index (κ2) is 6.27. The summed E-state index contributed by atoms with van der Waals surface area (Å²) in [5.74, 6) is 1.38. The van der Waals surface area contributed by atoms with Crippen molar-refractivity contribution >= 4 is 17.7 Å². The molecule has 1 amide bonds. The van der Waals surface area contributed by atoms with Gasteiger partial charge in [-0.25, -0.2) is 0 Å². The summed E-state index contributed by atoms with van der Waals surface area (Å²) >= 11 is 1.79. The van der Waals surface area contributed by atoms with E-state index in [1.807, 2.05) is 7.05 Å². The lowest BCUT2D eigenvalue weighted by Crippen LogP contribution is -2.33. The summed E-state index contributed by atoms with van der Waals surface area (Å²) in [6.45, 7) is 1.77. The predicted octanol–water partition coefficient (Wildman–Crippen LogP) is 0.608. The summed E-state index contributed by atoms with van der Waals surface area (Å²) in [5, 5.41) is 6.25. The molecule has 1 fully saturated rings. The predicted molar refractivity (Wildman–Crippen MR) is 57.0 cm³/mol. The van der Waals surface area contributed by atoms with E-state index in [-0.39, 0.29) is 11.2 Å². The van der Waals surface area contributed by atoms with Crippen molar-refractivity contribution in [2.75, 3.05) is 25.9 Å². The SMILES string of the molecule is CNCCCNC(=O)C1CCCS1. The first kappa shape index (κ1) is 10.9. The van der Waals surface area contributed by atoms with E-state index in [4.69, 9.17) is 0 Å². The minimum atomic E-state index is 0.231. The zero-order valence-corrected chi connectivity index (χ0v) is 8.95. The molecule has 1 aliphatic heterocycles. The fourth-order valence-corrected chi connectivity index (χ4v) is 2.56. The number of hydrogen-bond donors (Lipinski definition) is 2. The molecule has 0 aromatic heterocycles. The third kappa shape index (κ3) is 4.00. The molecule has 2 N–H and O–H groups in total. The van der Waals surface area contributed by atoms with Crippen molar-refractivity contribution in [1.29, 1.82) is 0 Å². The van der Waals surface area contributed by atoms with E-state index in [1.54, 1.807) is 11.8 Å². The van der Waals surface area contributed by atoms with Crippen LogP contribution in [0, 0.1) is 0 Å². The zero-order chi connectivity index (χ0) is 9.52. The minimum Gasteiger partial charge on any atom is -0.355 e. The van der Waals surface area contributed by atoms with Crippen molar-refractivity contribution < 1.29 is 4.79 Å². The van der Waals surface area contributed by atoms with Crippen LogP contribution in [0.25, 0.3) is 0 Å². The average Bonchev–Trinajstić information content (AvgIpc) is 2.65. The Balaban J connectivity index is 2.03. The lowest BCUT2D eigenvalue weighted by Gasteiger charge is -2.09. The molecule has 1 aliphatic rings. The lowest BCUT2D eigenvalue weighted by molar-refractivity contribution is -0.120. The Hall–Kier alpha value is -0.220. The number of carbonyl (C=O) groups is 1. The second-order valence-corrected chi connectivity index (χ2v) is 4.56. The van der Waals surface area contributed by atoms with Gasteiger partial charge in [-0.3, -0.25) is 4.79 Å². The molecule has 1 rings (SSSR count). The number of amides is 1. The third-order valence-corrected chi connectivity index (χ3v) is 3.50. The standard InChI is InChI=1S/C9H18N2OS/c1-10-5-3-6-11-9(12)8-4-2-7-13-8/h8,10H,2-7H2,1H3,(H,11,12). The number of nitrogens with one attached hydrogen (secondary N) is 2. The summed E-state index contributed by atoms with van der Waals surface area (Å²) in [6.07, 6.45) is 3.27.